The van der Waals surface area contributed by atoms with Crippen LogP contribution in [0.15, 0.2) is 65.1 Å². The number of rotatable bonds is 1. The Labute approximate surface area is 142 Å². The summed E-state index contributed by atoms with van der Waals surface area (Å²) in [6.07, 6.45) is 0. The first-order valence-corrected chi connectivity index (χ1v) is 8.47. The van der Waals surface area contributed by atoms with Crippen molar-refractivity contribution in [3.05, 3.63) is 71.8 Å². The normalized spacial score (nSPS) is 12.2. The van der Waals surface area contributed by atoms with Gasteiger partial charge in [0.05, 0.1) is 0 Å². The van der Waals surface area contributed by atoms with E-state index in [4.69, 9.17) is 4.42 Å². The van der Waals surface area contributed by atoms with Crippen molar-refractivity contribution in [3.8, 4) is 11.1 Å². The Morgan fingerprint density at radius 1 is 0.750 bits per heavy atom. The minimum Gasteiger partial charge on any atom is -0.455 e. The number of benzene rings is 3. The maximum Gasteiger partial charge on any atom is 0.143 e. The van der Waals surface area contributed by atoms with Crippen molar-refractivity contribution < 1.29 is 4.42 Å². The summed E-state index contributed by atoms with van der Waals surface area (Å²) in [7, 11) is 0. The van der Waals surface area contributed by atoms with Crippen LogP contribution in [0.2, 0.25) is 0 Å². The highest BCUT2D eigenvalue weighted by Gasteiger charge is 2.16. The van der Waals surface area contributed by atoms with Gasteiger partial charge in [0, 0.05) is 16.3 Å². The van der Waals surface area contributed by atoms with E-state index in [0.717, 1.165) is 16.7 Å². The van der Waals surface area contributed by atoms with E-state index in [1.807, 2.05) is 0 Å². The van der Waals surface area contributed by atoms with Crippen LogP contribution in [-0.4, -0.2) is 0 Å². The Balaban J connectivity index is 2.01. The molecule has 0 bridgehead atoms. The lowest BCUT2D eigenvalue weighted by molar-refractivity contribution is 0.590. The van der Waals surface area contributed by atoms with Gasteiger partial charge in [-0.15, -0.1) is 0 Å². The van der Waals surface area contributed by atoms with Crippen molar-refractivity contribution in [2.24, 2.45) is 0 Å². The zero-order valence-electron chi connectivity index (χ0n) is 14.7. The summed E-state index contributed by atoms with van der Waals surface area (Å²) in [5.41, 5.74) is 7.00. The van der Waals surface area contributed by atoms with Crippen molar-refractivity contribution in [3.63, 3.8) is 0 Å². The van der Waals surface area contributed by atoms with Crippen molar-refractivity contribution in [1.82, 2.24) is 0 Å². The van der Waals surface area contributed by atoms with E-state index in [1.165, 1.54) is 27.5 Å². The van der Waals surface area contributed by atoms with Crippen LogP contribution in [0, 0.1) is 6.92 Å². The fourth-order valence-corrected chi connectivity index (χ4v) is 3.34. The maximum atomic E-state index is 6.29. The average molecular weight is 314 g/mol. The predicted molar refractivity (Wildman–Crippen MR) is 103 cm³/mol. The molecule has 24 heavy (non-hydrogen) atoms. The number of fused-ring (bicyclic) bond motifs is 3. The maximum absolute atomic E-state index is 6.29. The van der Waals surface area contributed by atoms with Crippen LogP contribution in [0.25, 0.3) is 33.1 Å². The largest absolute Gasteiger partial charge is 0.455 e. The first-order valence-electron chi connectivity index (χ1n) is 8.47. The number of aryl methyl sites for hydroxylation is 1. The molecule has 1 heterocycles. The van der Waals surface area contributed by atoms with Gasteiger partial charge in [0.1, 0.15) is 11.2 Å². The average Bonchev–Trinajstić information content (AvgIpc) is 2.94. The molecule has 0 saturated heterocycles. The van der Waals surface area contributed by atoms with Crippen LogP contribution >= 0.6 is 0 Å². The van der Waals surface area contributed by atoms with E-state index in [-0.39, 0.29) is 5.41 Å². The van der Waals surface area contributed by atoms with Crippen LogP contribution < -0.4 is 0 Å². The molecule has 0 aliphatic carbocycles. The highest BCUT2D eigenvalue weighted by molar-refractivity contribution is 6.10. The molecule has 0 aliphatic rings. The fraction of sp³-hybridized carbons (Fsp3) is 0.217. The SMILES string of the molecule is Cc1cccc2c1oc1c(-c3cccc(C(C)(C)C)c3)cccc12. The monoisotopic (exact) mass is 314 g/mol. The van der Waals surface area contributed by atoms with Gasteiger partial charge in [0.2, 0.25) is 0 Å². The summed E-state index contributed by atoms with van der Waals surface area (Å²) in [5.74, 6) is 0. The molecule has 1 aromatic heterocycles. The molecule has 0 N–H and O–H groups in total. The molecule has 0 unspecified atom stereocenters. The van der Waals surface area contributed by atoms with Crippen LogP contribution in [0.3, 0.4) is 0 Å². The molecule has 4 aromatic rings. The molecule has 0 amide bonds. The molecule has 120 valence electrons. The molecule has 0 saturated carbocycles. The topological polar surface area (TPSA) is 13.1 Å². The predicted octanol–water partition coefficient (Wildman–Crippen LogP) is 6.86. The van der Waals surface area contributed by atoms with E-state index in [9.17, 15) is 0 Å². The van der Waals surface area contributed by atoms with E-state index < -0.39 is 0 Å². The lowest BCUT2D eigenvalue weighted by Gasteiger charge is -2.19. The number of hydrogen-bond donors (Lipinski definition) is 0. The summed E-state index contributed by atoms with van der Waals surface area (Å²) in [4.78, 5) is 0. The van der Waals surface area contributed by atoms with E-state index in [0.29, 0.717) is 0 Å². The zero-order chi connectivity index (χ0) is 16.9. The lowest BCUT2D eigenvalue weighted by Crippen LogP contribution is -2.10. The van der Waals surface area contributed by atoms with Gasteiger partial charge in [-0.25, -0.2) is 0 Å². The van der Waals surface area contributed by atoms with E-state index in [2.05, 4.69) is 88.4 Å². The minimum absolute atomic E-state index is 0.133. The molecule has 0 spiro atoms. The van der Waals surface area contributed by atoms with Gasteiger partial charge < -0.3 is 4.42 Å². The molecule has 0 atom stereocenters. The Kier molecular flexibility index (Phi) is 3.28. The standard InChI is InChI=1S/C23H22O/c1-15-8-5-12-19-20-13-7-11-18(22(20)24-21(15)19)16-9-6-10-17(14-16)23(2,3)4/h5-14H,1-4H3. The van der Waals surface area contributed by atoms with Crippen LogP contribution in [0.5, 0.6) is 0 Å². The quantitative estimate of drug-likeness (QED) is 0.374. The summed E-state index contributed by atoms with van der Waals surface area (Å²) in [5, 5.41) is 2.38. The Morgan fingerprint density at radius 2 is 1.42 bits per heavy atom. The molecular weight excluding hydrogens is 292 g/mol. The van der Waals surface area contributed by atoms with Gasteiger partial charge in [0.25, 0.3) is 0 Å². The van der Waals surface area contributed by atoms with Crippen LogP contribution in [-0.2, 0) is 5.41 Å². The highest BCUT2D eigenvalue weighted by atomic mass is 16.3. The highest BCUT2D eigenvalue weighted by Crippen LogP contribution is 2.37. The zero-order valence-corrected chi connectivity index (χ0v) is 14.7. The third kappa shape index (κ3) is 2.32. The second-order valence-electron chi connectivity index (χ2n) is 7.57. The van der Waals surface area contributed by atoms with Crippen LogP contribution in [0.4, 0.5) is 0 Å². The van der Waals surface area contributed by atoms with Gasteiger partial charge in [-0.05, 0) is 29.0 Å². The minimum atomic E-state index is 0.133. The van der Waals surface area contributed by atoms with Crippen molar-refractivity contribution in [2.45, 2.75) is 33.1 Å². The van der Waals surface area contributed by atoms with E-state index >= 15 is 0 Å². The smallest absolute Gasteiger partial charge is 0.143 e. The summed E-state index contributed by atoms with van der Waals surface area (Å²) in [6, 6.07) is 21.6. The fourth-order valence-electron chi connectivity index (χ4n) is 3.34. The molecule has 3 aromatic carbocycles. The number of para-hydroxylation sites is 2. The first kappa shape index (κ1) is 15.0. The third-order valence-corrected chi connectivity index (χ3v) is 4.76. The number of hydrogen-bond acceptors (Lipinski definition) is 1. The van der Waals surface area contributed by atoms with Crippen molar-refractivity contribution >= 4 is 21.9 Å². The van der Waals surface area contributed by atoms with Crippen LogP contribution in [0.1, 0.15) is 31.9 Å². The third-order valence-electron chi connectivity index (χ3n) is 4.76. The number of furan rings is 1. The molecule has 0 fully saturated rings. The first-order chi connectivity index (χ1) is 11.4. The molecule has 1 nitrogen and oxygen atoms in total. The summed E-state index contributed by atoms with van der Waals surface area (Å²) < 4.78 is 6.29. The van der Waals surface area contributed by atoms with E-state index in [1.54, 1.807) is 0 Å². The lowest BCUT2D eigenvalue weighted by atomic mass is 9.85. The van der Waals surface area contributed by atoms with Gasteiger partial charge in [-0.2, -0.15) is 0 Å². The Hall–Kier alpha value is -2.54. The van der Waals surface area contributed by atoms with Gasteiger partial charge in [-0.1, -0.05) is 81.4 Å². The van der Waals surface area contributed by atoms with Gasteiger partial charge >= 0.3 is 0 Å². The second-order valence-corrected chi connectivity index (χ2v) is 7.57. The molecule has 1 heteroatoms. The van der Waals surface area contributed by atoms with Crippen molar-refractivity contribution in [1.29, 1.82) is 0 Å². The molecule has 0 aliphatic heterocycles. The molecule has 4 rings (SSSR count). The second kappa shape index (κ2) is 5.24. The molecule has 0 radical (unpaired) electrons. The Morgan fingerprint density at radius 3 is 2.17 bits per heavy atom. The van der Waals surface area contributed by atoms with Crippen molar-refractivity contribution in [2.75, 3.05) is 0 Å². The van der Waals surface area contributed by atoms with Gasteiger partial charge in [0.15, 0.2) is 0 Å². The molecular formula is C23H22O. The van der Waals surface area contributed by atoms with Gasteiger partial charge in [-0.3, -0.25) is 0 Å². The Bertz CT molecular complexity index is 1040. The summed E-state index contributed by atoms with van der Waals surface area (Å²) in [6.45, 7) is 8.84. The summed E-state index contributed by atoms with van der Waals surface area (Å²) >= 11 is 0.